The van der Waals surface area contributed by atoms with Crippen LogP contribution in [0.3, 0.4) is 0 Å². The third-order valence-corrected chi connectivity index (χ3v) is 4.91. The summed E-state index contributed by atoms with van der Waals surface area (Å²) in [6, 6.07) is 7.58. The molecule has 8 heteroatoms. The molecule has 1 aromatic carbocycles. The molecule has 0 aliphatic heterocycles. The molecule has 1 aromatic heterocycles. The van der Waals surface area contributed by atoms with Gasteiger partial charge in [0.1, 0.15) is 10.0 Å². The minimum absolute atomic E-state index is 0.0208. The van der Waals surface area contributed by atoms with Crippen LogP contribution in [0.5, 0.6) is 0 Å². The van der Waals surface area contributed by atoms with Gasteiger partial charge in [-0.25, -0.2) is 13.1 Å². The van der Waals surface area contributed by atoms with Gasteiger partial charge in [-0.1, -0.05) is 39.7 Å². The van der Waals surface area contributed by atoms with E-state index in [1.54, 1.807) is 6.92 Å². The molecule has 0 radical (unpaired) electrons. The summed E-state index contributed by atoms with van der Waals surface area (Å²) < 4.78 is 25.2. The van der Waals surface area contributed by atoms with Gasteiger partial charge in [-0.05, 0) is 24.6 Å². The van der Waals surface area contributed by atoms with Crippen LogP contribution in [0.25, 0.3) is 0 Å². The largest absolute Gasteiger partial charge is 0.266 e. The molecule has 0 bridgehead atoms. The Hall–Kier alpha value is -0.560. The van der Waals surface area contributed by atoms with E-state index in [0.717, 1.165) is 10.0 Å². The van der Waals surface area contributed by atoms with Crippen LogP contribution in [0.4, 0.5) is 0 Å². The molecule has 1 heterocycles. The lowest BCUT2D eigenvalue weighted by molar-refractivity contribution is 0.609. The van der Waals surface area contributed by atoms with E-state index in [1.165, 1.54) is 4.68 Å². The van der Waals surface area contributed by atoms with Gasteiger partial charge in [-0.15, -0.1) is 0 Å². The molecule has 0 saturated carbocycles. The number of hydrogen-bond acceptors (Lipinski definition) is 3. The molecular weight excluding hydrogens is 375 g/mol. The van der Waals surface area contributed by atoms with Gasteiger partial charge in [0.2, 0.25) is 0 Å². The highest BCUT2D eigenvalue weighted by atomic mass is 79.9. The fourth-order valence-corrected chi connectivity index (χ4v) is 4.09. The Labute approximate surface area is 128 Å². The number of benzene rings is 1. The lowest BCUT2D eigenvalue weighted by Crippen LogP contribution is -2.02. The van der Waals surface area contributed by atoms with Crippen LogP contribution in [-0.4, -0.2) is 18.2 Å². The van der Waals surface area contributed by atoms with Gasteiger partial charge < -0.3 is 0 Å². The molecule has 0 aliphatic carbocycles. The average Bonchev–Trinajstić information content (AvgIpc) is 2.53. The summed E-state index contributed by atoms with van der Waals surface area (Å²) in [5.74, 6) is 0. The van der Waals surface area contributed by atoms with E-state index in [0.29, 0.717) is 6.54 Å². The fraction of sp³-hybridized carbons (Fsp3) is 0.182. The standard InChI is InChI=1S/C11H9BrCl2N2O2S/c1-7-10(19(14,17)18)11(13)16(15-7)6-8-3-2-4-9(12)5-8/h2-5H,6H2,1H3. The molecule has 0 unspecified atom stereocenters. The van der Waals surface area contributed by atoms with Crippen molar-refractivity contribution < 1.29 is 8.42 Å². The van der Waals surface area contributed by atoms with Crippen molar-refractivity contribution in [1.82, 2.24) is 9.78 Å². The Kier molecular flexibility index (Phi) is 4.25. The molecule has 0 aliphatic rings. The molecular formula is C11H9BrCl2N2O2S. The first-order valence-corrected chi connectivity index (χ1v) is 8.69. The van der Waals surface area contributed by atoms with E-state index in [2.05, 4.69) is 21.0 Å². The maximum atomic E-state index is 11.4. The number of rotatable bonds is 3. The molecule has 0 atom stereocenters. The lowest BCUT2D eigenvalue weighted by atomic mass is 10.2. The van der Waals surface area contributed by atoms with Crippen molar-refractivity contribution in [2.24, 2.45) is 0 Å². The van der Waals surface area contributed by atoms with E-state index in [-0.39, 0.29) is 15.7 Å². The monoisotopic (exact) mass is 382 g/mol. The number of aryl methyl sites for hydroxylation is 1. The first-order valence-electron chi connectivity index (χ1n) is 5.21. The van der Waals surface area contributed by atoms with Crippen LogP contribution in [0.2, 0.25) is 5.15 Å². The summed E-state index contributed by atoms with van der Waals surface area (Å²) in [5.41, 5.74) is 1.23. The van der Waals surface area contributed by atoms with E-state index in [1.807, 2.05) is 24.3 Å². The molecule has 0 amide bonds. The molecule has 4 nitrogen and oxygen atoms in total. The Morgan fingerprint density at radius 1 is 1.42 bits per heavy atom. The van der Waals surface area contributed by atoms with Crippen molar-refractivity contribution in [3.05, 3.63) is 45.1 Å². The minimum Gasteiger partial charge on any atom is -0.248 e. The minimum atomic E-state index is -3.90. The molecule has 0 N–H and O–H groups in total. The van der Waals surface area contributed by atoms with Crippen LogP contribution in [0, 0.1) is 6.92 Å². The van der Waals surface area contributed by atoms with Gasteiger partial charge in [0, 0.05) is 15.2 Å². The molecule has 0 spiro atoms. The predicted molar refractivity (Wildman–Crippen MR) is 78.3 cm³/mol. The van der Waals surface area contributed by atoms with Crippen LogP contribution >= 0.6 is 38.2 Å². The molecule has 2 aromatic rings. The number of hydrogen-bond donors (Lipinski definition) is 0. The third kappa shape index (κ3) is 3.31. The first-order chi connectivity index (χ1) is 8.79. The van der Waals surface area contributed by atoms with E-state index >= 15 is 0 Å². The Morgan fingerprint density at radius 3 is 2.63 bits per heavy atom. The van der Waals surface area contributed by atoms with Crippen molar-refractivity contribution in [2.75, 3.05) is 0 Å². The van der Waals surface area contributed by atoms with E-state index < -0.39 is 9.05 Å². The van der Waals surface area contributed by atoms with Crippen LogP contribution in [0.1, 0.15) is 11.3 Å². The Bertz CT molecular complexity index is 728. The van der Waals surface area contributed by atoms with Gasteiger partial charge in [0.25, 0.3) is 9.05 Å². The summed E-state index contributed by atoms with van der Waals surface area (Å²) in [6.07, 6.45) is 0. The topological polar surface area (TPSA) is 52.0 Å². The maximum Gasteiger partial charge on any atom is 0.266 e. The number of halogens is 3. The van der Waals surface area contributed by atoms with Gasteiger partial charge in [-0.2, -0.15) is 5.10 Å². The predicted octanol–water partition coefficient (Wildman–Crippen LogP) is 3.58. The molecule has 2 rings (SSSR count). The van der Waals surface area contributed by atoms with Crippen molar-refractivity contribution >= 4 is 47.3 Å². The molecule has 0 saturated heterocycles. The third-order valence-electron chi connectivity index (χ3n) is 2.48. The smallest absolute Gasteiger partial charge is 0.248 e. The summed E-state index contributed by atoms with van der Waals surface area (Å²) >= 11 is 9.39. The zero-order valence-electron chi connectivity index (χ0n) is 9.77. The second kappa shape index (κ2) is 5.44. The quantitative estimate of drug-likeness (QED) is 0.761. The zero-order valence-corrected chi connectivity index (χ0v) is 13.7. The number of nitrogens with zero attached hydrogens (tertiary/aromatic N) is 2. The van der Waals surface area contributed by atoms with Crippen LogP contribution < -0.4 is 0 Å². The number of aromatic nitrogens is 2. The highest BCUT2D eigenvalue weighted by Crippen LogP contribution is 2.28. The second-order valence-corrected chi connectivity index (χ2v) is 7.71. The maximum absolute atomic E-state index is 11.4. The van der Waals surface area contributed by atoms with Crippen molar-refractivity contribution in [1.29, 1.82) is 0 Å². The van der Waals surface area contributed by atoms with Gasteiger partial charge in [0.05, 0.1) is 12.2 Å². The van der Waals surface area contributed by atoms with Crippen molar-refractivity contribution in [2.45, 2.75) is 18.4 Å². The summed E-state index contributed by atoms with van der Waals surface area (Å²) in [6.45, 7) is 1.92. The van der Waals surface area contributed by atoms with Crippen LogP contribution in [0.15, 0.2) is 33.6 Å². The summed E-state index contributed by atoms with van der Waals surface area (Å²) in [5, 5.41) is 4.13. The Morgan fingerprint density at radius 2 is 2.11 bits per heavy atom. The van der Waals surface area contributed by atoms with E-state index in [9.17, 15) is 8.42 Å². The molecule has 102 valence electrons. The summed E-state index contributed by atoms with van der Waals surface area (Å²) in [7, 11) is 1.44. The average molecular weight is 384 g/mol. The molecule has 0 fully saturated rings. The van der Waals surface area contributed by atoms with Crippen molar-refractivity contribution in [3.63, 3.8) is 0 Å². The van der Waals surface area contributed by atoms with Crippen LogP contribution in [-0.2, 0) is 15.6 Å². The highest BCUT2D eigenvalue weighted by Gasteiger charge is 2.24. The highest BCUT2D eigenvalue weighted by molar-refractivity contribution is 9.10. The normalized spacial score (nSPS) is 11.8. The SMILES string of the molecule is Cc1nn(Cc2cccc(Br)c2)c(Cl)c1S(=O)(=O)Cl. The van der Waals surface area contributed by atoms with Gasteiger partial charge in [0.15, 0.2) is 0 Å². The van der Waals surface area contributed by atoms with Gasteiger partial charge in [-0.3, -0.25) is 0 Å². The molecule has 19 heavy (non-hydrogen) atoms. The second-order valence-electron chi connectivity index (χ2n) is 3.93. The first kappa shape index (κ1) is 14.8. The van der Waals surface area contributed by atoms with Gasteiger partial charge >= 0.3 is 0 Å². The Balaban J connectivity index is 2.43. The van der Waals surface area contributed by atoms with E-state index in [4.69, 9.17) is 22.3 Å². The lowest BCUT2D eigenvalue weighted by Gasteiger charge is -2.04. The zero-order chi connectivity index (χ0) is 14.2. The van der Waals surface area contributed by atoms with Crippen molar-refractivity contribution in [3.8, 4) is 0 Å². The summed E-state index contributed by atoms with van der Waals surface area (Å²) in [4.78, 5) is -0.133. The fourth-order valence-electron chi connectivity index (χ4n) is 1.73.